The van der Waals surface area contributed by atoms with Gasteiger partial charge in [0.25, 0.3) is 5.56 Å². The number of unbranched alkanes of at least 4 members (excludes halogenated alkanes) is 3. The standard InChI is InChI=1S/C11H15BrN2O2/c1-2-3-4-5-6-7-14-8-9(12)10(15)13-11(14)16/h2,8H,1,3-7H2,(H,13,15,16). The second-order valence-corrected chi connectivity index (χ2v) is 4.42. The summed E-state index contributed by atoms with van der Waals surface area (Å²) in [6.07, 6.45) is 7.49. The van der Waals surface area contributed by atoms with Crippen molar-refractivity contribution in [1.82, 2.24) is 9.55 Å². The van der Waals surface area contributed by atoms with E-state index in [-0.39, 0.29) is 11.2 Å². The van der Waals surface area contributed by atoms with Crippen LogP contribution in [-0.4, -0.2) is 9.55 Å². The SMILES string of the molecule is C=CCCCCCn1cc(Br)c(=O)[nH]c1=O. The molecule has 1 rings (SSSR count). The number of H-pyrrole nitrogens is 1. The van der Waals surface area contributed by atoms with Crippen molar-refractivity contribution in [2.75, 3.05) is 0 Å². The minimum atomic E-state index is -0.382. The Hall–Kier alpha value is -1.10. The predicted octanol–water partition coefficient (Wildman–Crippen LogP) is 2.05. The van der Waals surface area contributed by atoms with Crippen LogP contribution in [0.5, 0.6) is 0 Å². The molecule has 0 saturated carbocycles. The molecule has 0 radical (unpaired) electrons. The molecule has 1 heterocycles. The largest absolute Gasteiger partial charge is 0.328 e. The molecule has 0 aromatic carbocycles. The van der Waals surface area contributed by atoms with Gasteiger partial charge in [0, 0.05) is 12.7 Å². The molecular formula is C11H15BrN2O2. The molecule has 0 saturated heterocycles. The fraction of sp³-hybridized carbons (Fsp3) is 0.455. The Morgan fingerprint density at radius 1 is 1.38 bits per heavy atom. The lowest BCUT2D eigenvalue weighted by Gasteiger charge is -2.04. The van der Waals surface area contributed by atoms with E-state index in [9.17, 15) is 9.59 Å². The van der Waals surface area contributed by atoms with Crippen LogP contribution < -0.4 is 11.2 Å². The molecule has 0 atom stereocenters. The van der Waals surface area contributed by atoms with Crippen molar-refractivity contribution in [2.45, 2.75) is 32.2 Å². The van der Waals surface area contributed by atoms with E-state index in [4.69, 9.17) is 0 Å². The summed E-state index contributed by atoms with van der Waals surface area (Å²) in [5, 5.41) is 0. The first-order valence-corrected chi connectivity index (χ1v) is 6.04. The number of nitrogens with one attached hydrogen (secondary N) is 1. The molecule has 16 heavy (non-hydrogen) atoms. The molecule has 5 heteroatoms. The highest BCUT2D eigenvalue weighted by Gasteiger charge is 2.01. The van der Waals surface area contributed by atoms with Crippen molar-refractivity contribution in [3.8, 4) is 0 Å². The van der Waals surface area contributed by atoms with E-state index in [0.717, 1.165) is 25.7 Å². The summed E-state index contributed by atoms with van der Waals surface area (Å²) in [6.45, 7) is 4.28. The van der Waals surface area contributed by atoms with Crippen LogP contribution >= 0.6 is 15.9 Å². The van der Waals surface area contributed by atoms with Gasteiger partial charge in [0.05, 0.1) is 4.47 Å². The van der Waals surface area contributed by atoms with Gasteiger partial charge in [0.1, 0.15) is 0 Å². The highest BCUT2D eigenvalue weighted by molar-refractivity contribution is 9.10. The summed E-state index contributed by atoms with van der Waals surface area (Å²) >= 11 is 3.10. The van der Waals surface area contributed by atoms with E-state index in [1.807, 2.05) is 6.08 Å². The molecule has 0 amide bonds. The number of aryl methyl sites for hydroxylation is 1. The maximum absolute atomic E-state index is 11.4. The summed E-state index contributed by atoms with van der Waals surface area (Å²) in [5.74, 6) is 0. The van der Waals surface area contributed by atoms with Gasteiger partial charge < -0.3 is 0 Å². The zero-order valence-corrected chi connectivity index (χ0v) is 10.6. The maximum Gasteiger partial charge on any atom is 0.328 e. The van der Waals surface area contributed by atoms with Crippen molar-refractivity contribution < 1.29 is 0 Å². The smallest absolute Gasteiger partial charge is 0.299 e. The Bertz CT molecular complexity index is 462. The van der Waals surface area contributed by atoms with Crippen LogP contribution in [0.1, 0.15) is 25.7 Å². The average molecular weight is 287 g/mol. The van der Waals surface area contributed by atoms with Gasteiger partial charge in [-0.3, -0.25) is 14.3 Å². The van der Waals surface area contributed by atoms with Crippen molar-refractivity contribution >= 4 is 15.9 Å². The molecular weight excluding hydrogens is 272 g/mol. The van der Waals surface area contributed by atoms with Gasteiger partial charge in [-0.05, 0) is 35.2 Å². The summed E-state index contributed by atoms with van der Waals surface area (Å²) < 4.78 is 1.90. The van der Waals surface area contributed by atoms with Crippen molar-refractivity contribution in [2.24, 2.45) is 0 Å². The Balaban J connectivity index is 2.54. The number of hydrogen-bond donors (Lipinski definition) is 1. The quantitative estimate of drug-likeness (QED) is 0.643. The molecule has 0 spiro atoms. The van der Waals surface area contributed by atoms with E-state index >= 15 is 0 Å². The van der Waals surface area contributed by atoms with Crippen LogP contribution in [0, 0.1) is 0 Å². The molecule has 0 bridgehead atoms. The van der Waals surface area contributed by atoms with E-state index in [1.165, 1.54) is 10.8 Å². The number of hydrogen-bond acceptors (Lipinski definition) is 2. The van der Waals surface area contributed by atoms with Crippen LogP contribution in [0.25, 0.3) is 0 Å². The van der Waals surface area contributed by atoms with E-state index in [1.54, 1.807) is 0 Å². The van der Waals surface area contributed by atoms with Gasteiger partial charge in [-0.15, -0.1) is 6.58 Å². The molecule has 1 N–H and O–H groups in total. The third kappa shape index (κ3) is 3.81. The first-order valence-electron chi connectivity index (χ1n) is 5.25. The summed E-state index contributed by atoms with van der Waals surface area (Å²) in [4.78, 5) is 24.7. The zero-order valence-electron chi connectivity index (χ0n) is 9.04. The number of allylic oxidation sites excluding steroid dienone is 1. The number of aromatic amines is 1. The fourth-order valence-corrected chi connectivity index (χ4v) is 1.74. The van der Waals surface area contributed by atoms with Crippen LogP contribution in [0.2, 0.25) is 0 Å². The van der Waals surface area contributed by atoms with Crippen LogP contribution in [0.15, 0.2) is 32.9 Å². The summed E-state index contributed by atoms with van der Waals surface area (Å²) in [5.41, 5.74) is -0.732. The molecule has 4 nitrogen and oxygen atoms in total. The Labute approximate surface area is 102 Å². The molecule has 0 unspecified atom stereocenters. The van der Waals surface area contributed by atoms with Crippen molar-refractivity contribution in [3.63, 3.8) is 0 Å². The molecule has 1 aromatic rings. The molecule has 0 aliphatic heterocycles. The van der Waals surface area contributed by atoms with Crippen molar-refractivity contribution in [1.29, 1.82) is 0 Å². The normalized spacial score (nSPS) is 10.3. The molecule has 0 fully saturated rings. The second kappa shape index (κ2) is 6.48. The van der Waals surface area contributed by atoms with Gasteiger partial charge in [-0.25, -0.2) is 4.79 Å². The zero-order chi connectivity index (χ0) is 12.0. The van der Waals surface area contributed by atoms with Gasteiger partial charge in [0.2, 0.25) is 0 Å². The first kappa shape index (κ1) is 13.0. The second-order valence-electron chi connectivity index (χ2n) is 3.57. The summed E-state index contributed by atoms with van der Waals surface area (Å²) in [7, 11) is 0. The first-order chi connectivity index (χ1) is 7.65. The fourth-order valence-electron chi connectivity index (χ4n) is 1.40. The number of aromatic nitrogens is 2. The third-order valence-corrected chi connectivity index (χ3v) is 2.84. The number of rotatable bonds is 6. The predicted molar refractivity (Wildman–Crippen MR) is 67.7 cm³/mol. The summed E-state index contributed by atoms with van der Waals surface area (Å²) in [6, 6.07) is 0. The van der Waals surface area contributed by atoms with Crippen molar-refractivity contribution in [3.05, 3.63) is 44.2 Å². The third-order valence-electron chi connectivity index (χ3n) is 2.27. The van der Waals surface area contributed by atoms with E-state index in [2.05, 4.69) is 27.5 Å². The van der Waals surface area contributed by atoms with Crippen LogP contribution in [0.4, 0.5) is 0 Å². The number of nitrogens with zero attached hydrogens (tertiary/aromatic N) is 1. The average Bonchev–Trinajstić information content (AvgIpc) is 2.25. The Kier molecular flexibility index (Phi) is 5.25. The lowest BCUT2D eigenvalue weighted by atomic mass is 10.2. The maximum atomic E-state index is 11.4. The highest BCUT2D eigenvalue weighted by atomic mass is 79.9. The minimum Gasteiger partial charge on any atom is -0.299 e. The minimum absolute atomic E-state index is 0.350. The lowest BCUT2D eigenvalue weighted by Crippen LogP contribution is -2.29. The molecule has 0 aliphatic rings. The number of halogens is 1. The molecule has 0 aliphatic carbocycles. The van der Waals surface area contributed by atoms with Gasteiger partial charge in [0.15, 0.2) is 0 Å². The van der Waals surface area contributed by atoms with Crippen LogP contribution in [0.3, 0.4) is 0 Å². The molecule has 88 valence electrons. The highest BCUT2D eigenvalue weighted by Crippen LogP contribution is 2.03. The van der Waals surface area contributed by atoms with Crippen LogP contribution in [-0.2, 0) is 6.54 Å². The van der Waals surface area contributed by atoms with Gasteiger partial charge in [-0.2, -0.15) is 0 Å². The Morgan fingerprint density at radius 3 is 2.81 bits per heavy atom. The van der Waals surface area contributed by atoms with Gasteiger partial charge in [-0.1, -0.05) is 12.5 Å². The van der Waals surface area contributed by atoms with E-state index < -0.39 is 0 Å². The monoisotopic (exact) mass is 286 g/mol. The Morgan fingerprint density at radius 2 is 2.12 bits per heavy atom. The lowest BCUT2D eigenvalue weighted by molar-refractivity contribution is 0.564. The molecule has 1 aromatic heterocycles. The van der Waals surface area contributed by atoms with Gasteiger partial charge >= 0.3 is 5.69 Å². The topological polar surface area (TPSA) is 54.9 Å². The van der Waals surface area contributed by atoms with E-state index in [0.29, 0.717) is 11.0 Å².